The van der Waals surface area contributed by atoms with Gasteiger partial charge in [0, 0.05) is 20.6 Å². The Kier molecular flexibility index (Phi) is 6.97. The zero-order valence-corrected chi connectivity index (χ0v) is 18.3. The van der Waals surface area contributed by atoms with E-state index < -0.39 is 12.0 Å². The summed E-state index contributed by atoms with van der Waals surface area (Å²) in [7, 11) is 0. The molecule has 0 saturated carbocycles. The fourth-order valence-corrected chi connectivity index (χ4v) is 5.39. The molecule has 8 heteroatoms. The number of hydrogen-bond donors (Lipinski definition) is 2. The molecule has 0 unspecified atom stereocenters. The van der Waals surface area contributed by atoms with Crippen LogP contribution in [-0.4, -0.2) is 29.8 Å². The van der Waals surface area contributed by atoms with Crippen LogP contribution in [0, 0.1) is 0 Å². The van der Waals surface area contributed by atoms with Crippen molar-refractivity contribution in [1.29, 1.82) is 0 Å². The number of thiophene rings is 1. The van der Waals surface area contributed by atoms with Crippen molar-refractivity contribution in [3.05, 3.63) is 45.8 Å². The zero-order chi connectivity index (χ0) is 21.0. The van der Waals surface area contributed by atoms with Crippen LogP contribution in [0.4, 0.5) is 9.80 Å². The van der Waals surface area contributed by atoms with Crippen LogP contribution in [0.15, 0.2) is 29.2 Å². The SMILES string of the molecule is CCOC(=O)NC(=O)c1c(NC(=O)c2cccc(SC(C)C)c2)sc2c1CCC2. The van der Waals surface area contributed by atoms with E-state index >= 15 is 0 Å². The van der Waals surface area contributed by atoms with Crippen molar-refractivity contribution in [3.63, 3.8) is 0 Å². The highest BCUT2D eigenvalue weighted by molar-refractivity contribution is 7.99. The van der Waals surface area contributed by atoms with E-state index in [-0.39, 0.29) is 12.5 Å². The standard InChI is InChI=1S/C21H24N2O4S2/c1-4-27-21(26)23-19(25)17-15-9-6-10-16(15)29-20(17)22-18(24)13-7-5-8-14(11-13)28-12(2)3/h5,7-8,11-12H,4,6,9-10H2,1-3H3,(H,22,24)(H,23,25,26). The van der Waals surface area contributed by atoms with Gasteiger partial charge < -0.3 is 10.1 Å². The summed E-state index contributed by atoms with van der Waals surface area (Å²) in [5.41, 5.74) is 1.81. The number of ether oxygens (including phenoxy) is 1. The number of benzene rings is 1. The van der Waals surface area contributed by atoms with E-state index in [1.807, 2.05) is 18.2 Å². The fourth-order valence-electron chi connectivity index (χ4n) is 3.21. The first kappa shape index (κ1) is 21.4. The van der Waals surface area contributed by atoms with Gasteiger partial charge in [-0.05, 0) is 49.9 Å². The van der Waals surface area contributed by atoms with Gasteiger partial charge in [-0.15, -0.1) is 23.1 Å². The van der Waals surface area contributed by atoms with E-state index in [9.17, 15) is 14.4 Å². The van der Waals surface area contributed by atoms with Crippen LogP contribution >= 0.6 is 23.1 Å². The topological polar surface area (TPSA) is 84.5 Å². The summed E-state index contributed by atoms with van der Waals surface area (Å²) < 4.78 is 4.81. The molecule has 0 bridgehead atoms. The Hall–Kier alpha value is -2.32. The molecule has 0 spiro atoms. The maximum Gasteiger partial charge on any atom is 0.414 e. The van der Waals surface area contributed by atoms with E-state index in [0.717, 1.165) is 34.6 Å². The van der Waals surface area contributed by atoms with Crippen LogP contribution in [0.5, 0.6) is 0 Å². The van der Waals surface area contributed by atoms with Crippen molar-refractivity contribution in [2.75, 3.05) is 11.9 Å². The lowest BCUT2D eigenvalue weighted by molar-refractivity contribution is 0.0925. The number of carbonyl (C=O) groups is 3. The Bertz CT molecular complexity index is 937. The van der Waals surface area contributed by atoms with Crippen molar-refractivity contribution >= 4 is 46.0 Å². The van der Waals surface area contributed by atoms with Gasteiger partial charge in [0.2, 0.25) is 0 Å². The Labute approximate surface area is 178 Å². The lowest BCUT2D eigenvalue weighted by atomic mass is 10.1. The van der Waals surface area contributed by atoms with Gasteiger partial charge in [0.1, 0.15) is 5.00 Å². The molecular weight excluding hydrogens is 408 g/mol. The monoisotopic (exact) mass is 432 g/mol. The summed E-state index contributed by atoms with van der Waals surface area (Å²) in [4.78, 5) is 39.3. The summed E-state index contributed by atoms with van der Waals surface area (Å²) in [6, 6.07) is 7.42. The predicted octanol–water partition coefficient (Wildman–Crippen LogP) is 4.88. The average Bonchev–Trinajstić information content (AvgIpc) is 3.22. The van der Waals surface area contributed by atoms with Crippen molar-refractivity contribution in [2.45, 2.75) is 50.2 Å². The number of thioether (sulfide) groups is 1. The Morgan fingerprint density at radius 3 is 2.72 bits per heavy atom. The van der Waals surface area contributed by atoms with Crippen LogP contribution in [0.3, 0.4) is 0 Å². The van der Waals surface area contributed by atoms with Gasteiger partial charge in [0.25, 0.3) is 11.8 Å². The van der Waals surface area contributed by atoms with E-state index in [2.05, 4.69) is 24.5 Å². The Morgan fingerprint density at radius 1 is 1.21 bits per heavy atom. The maximum absolute atomic E-state index is 12.8. The summed E-state index contributed by atoms with van der Waals surface area (Å²) in [6.45, 7) is 6.04. The normalized spacial score (nSPS) is 12.6. The number of anilines is 1. The second-order valence-corrected chi connectivity index (χ2v) is 9.64. The number of alkyl carbamates (subject to hydrolysis) is 1. The third-order valence-corrected chi connectivity index (χ3v) is 6.54. The highest BCUT2D eigenvalue weighted by Crippen LogP contribution is 2.39. The molecule has 1 heterocycles. The Balaban J connectivity index is 1.83. The van der Waals surface area contributed by atoms with Gasteiger partial charge >= 0.3 is 6.09 Å². The second-order valence-electron chi connectivity index (χ2n) is 6.88. The van der Waals surface area contributed by atoms with Gasteiger partial charge in [-0.1, -0.05) is 19.9 Å². The molecule has 6 nitrogen and oxygen atoms in total. The van der Waals surface area contributed by atoms with Crippen molar-refractivity contribution in [3.8, 4) is 0 Å². The van der Waals surface area contributed by atoms with E-state index in [0.29, 0.717) is 21.4 Å². The molecule has 1 aliphatic carbocycles. The summed E-state index contributed by atoms with van der Waals surface area (Å²) in [5.74, 6) is -0.816. The molecule has 0 saturated heterocycles. The molecule has 3 amide bonds. The van der Waals surface area contributed by atoms with Gasteiger partial charge in [0.05, 0.1) is 12.2 Å². The Morgan fingerprint density at radius 2 is 2.00 bits per heavy atom. The van der Waals surface area contributed by atoms with Crippen LogP contribution in [-0.2, 0) is 17.6 Å². The molecule has 1 aromatic carbocycles. The van der Waals surface area contributed by atoms with Gasteiger partial charge in [-0.25, -0.2) is 4.79 Å². The first-order valence-corrected chi connectivity index (χ1v) is 11.3. The lowest BCUT2D eigenvalue weighted by Crippen LogP contribution is -2.32. The highest BCUT2D eigenvalue weighted by Gasteiger charge is 2.28. The third kappa shape index (κ3) is 5.19. The number of amides is 3. The van der Waals surface area contributed by atoms with Crippen molar-refractivity contribution in [1.82, 2.24) is 5.32 Å². The van der Waals surface area contributed by atoms with Crippen LogP contribution < -0.4 is 10.6 Å². The smallest absolute Gasteiger partial charge is 0.414 e. The van der Waals surface area contributed by atoms with E-state index in [1.54, 1.807) is 24.8 Å². The number of aryl methyl sites for hydroxylation is 1. The summed E-state index contributed by atoms with van der Waals surface area (Å²) in [5, 5.41) is 6.01. The van der Waals surface area contributed by atoms with Gasteiger partial charge in [-0.3, -0.25) is 14.9 Å². The molecule has 0 aliphatic heterocycles. The minimum absolute atomic E-state index is 0.176. The first-order valence-electron chi connectivity index (χ1n) is 9.59. The molecular formula is C21H24N2O4S2. The number of hydrogen-bond acceptors (Lipinski definition) is 6. The molecule has 2 aromatic rings. The average molecular weight is 433 g/mol. The molecule has 154 valence electrons. The molecule has 3 rings (SSSR count). The quantitative estimate of drug-likeness (QED) is 0.636. The molecule has 29 heavy (non-hydrogen) atoms. The number of fused-ring (bicyclic) bond motifs is 1. The van der Waals surface area contributed by atoms with Crippen molar-refractivity contribution in [2.24, 2.45) is 0 Å². The molecule has 1 aromatic heterocycles. The number of carbonyl (C=O) groups excluding carboxylic acids is 3. The van der Waals surface area contributed by atoms with Gasteiger partial charge in [-0.2, -0.15) is 0 Å². The number of rotatable bonds is 6. The summed E-state index contributed by atoms with van der Waals surface area (Å²) in [6.07, 6.45) is 1.80. The number of imide groups is 1. The lowest BCUT2D eigenvalue weighted by Gasteiger charge is -2.10. The van der Waals surface area contributed by atoms with Crippen LogP contribution in [0.25, 0.3) is 0 Å². The maximum atomic E-state index is 12.8. The first-order chi connectivity index (χ1) is 13.9. The van der Waals surface area contributed by atoms with Crippen molar-refractivity contribution < 1.29 is 19.1 Å². The van der Waals surface area contributed by atoms with E-state index in [4.69, 9.17) is 4.74 Å². The van der Waals surface area contributed by atoms with Gasteiger partial charge in [0.15, 0.2) is 0 Å². The van der Waals surface area contributed by atoms with E-state index in [1.165, 1.54) is 11.3 Å². The third-order valence-electron chi connectivity index (χ3n) is 4.33. The van der Waals surface area contributed by atoms with Crippen LogP contribution in [0.2, 0.25) is 0 Å². The highest BCUT2D eigenvalue weighted by atomic mass is 32.2. The largest absolute Gasteiger partial charge is 0.450 e. The second kappa shape index (κ2) is 9.45. The minimum Gasteiger partial charge on any atom is -0.450 e. The molecule has 0 radical (unpaired) electrons. The fraction of sp³-hybridized carbons (Fsp3) is 0.381. The van der Waals surface area contributed by atoms with Crippen LogP contribution in [0.1, 0.15) is 58.3 Å². The minimum atomic E-state index is -0.786. The zero-order valence-electron chi connectivity index (χ0n) is 16.7. The summed E-state index contributed by atoms with van der Waals surface area (Å²) >= 11 is 3.09. The molecule has 0 fully saturated rings. The predicted molar refractivity (Wildman–Crippen MR) is 116 cm³/mol. The number of nitrogens with one attached hydrogen (secondary N) is 2. The molecule has 1 aliphatic rings. The molecule has 0 atom stereocenters. The molecule has 2 N–H and O–H groups in total.